The number of nitrogens with zero attached hydrogens (tertiary/aromatic N) is 2. The van der Waals surface area contributed by atoms with Crippen LogP contribution in [0.3, 0.4) is 0 Å². The Morgan fingerprint density at radius 2 is 1.93 bits per heavy atom. The lowest BCUT2D eigenvalue weighted by Gasteiger charge is -2.17. The Balaban J connectivity index is 0.000000791. The molecule has 0 aromatic carbocycles. The molecule has 2 N–H and O–H groups in total. The van der Waals surface area contributed by atoms with Crippen molar-refractivity contribution >= 4 is 18.1 Å². The average Bonchev–Trinajstić information content (AvgIpc) is 2.20. The second kappa shape index (κ2) is 6.43. The van der Waals surface area contributed by atoms with Crippen molar-refractivity contribution in [3.05, 3.63) is 18.3 Å². The Morgan fingerprint density at radius 1 is 1.36 bits per heavy atom. The number of anilines is 1. The van der Waals surface area contributed by atoms with Crippen LogP contribution in [0.4, 0.5) is 5.82 Å². The number of aromatic nitrogens is 1. The van der Waals surface area contributed by atoms with Gasteiger partial charge in [-0.1, -0.05) is 26.7 Å². The van der Waals surface area contributed by atoms with Crippen molar-refractivity contribution < 1.29 is 0 Å². The molecule has 0 spiro atoms. The van der Waals surface area contributed by atoms with Crippen LogP contribution in [0, 0.1) is 0 Å². The van der Waals surface area contributed by atoms with E-state index in [1.165, 1.54) is 0 Å². The fourth-order valence-electron chi connectivity index (χ4n) is 1.06. The maximum Gasteiger partial charge on any atom is 0.258 e. The Kier molecular flexibility index (Phi) is 5.96. The molecule has 0 atom stereocenters. The zero-order valence-corrected chi connectivity index (χ0v) is 9.78. The molecule has 1 rings (SSSR count). The number of nitrogens with two attached hydrogens (primary N) is 1. The summed E-state index contributed by atoms with van der Waals surface area (Å²) in [4.78, 5) is 6.14. The molecule has 0 amide bonds. The Morgan fingerprint density at radius 3 is 2.36 bits per heavy atom. The zero-order valence-electron chi connectivity index (χ0n) is 9.78. The van der Waals surface area contributed by atoms with Gasteiger partial charge in [-0.15, -0.1) is 0 Å². The van der Waals surface area contributed by atoms with E-state index >= 15 is 0 Å². The van der Waals surface area contributed by atoms with Crippen LogP contribution in [0.2, 0.25) is 6.82 Å². The summed E-state index contributed by atoms with van der Waals surface area (Å²) in [5, 5.41) is 0. The van der Waals surface area contributed by atoms with E-state index in [9.17, 15) is 0 Å². The fourth-order valence-corrected chi connectivity index (χ4v) is 1.06. The molecule has 1 heterocycles. The number of nitrogen functional groups attached to an aromatic ring is 1. The predicted molar refractivity (Wildman–Crippen MR) is 64.9 cm³/mol. The van der Waals surface area contributed by atoms with Crippen molar-refractivity contribution in [3.63, 3.8) is 0 Å². The molecule has 0 saturated heterocycles. The standard InChI is InChI=1S/C8H14BN3.C2H6/c1-9(12(2)3)7-5-4-6-11-8(7)10;1-2/h4-6H,1-3H3,(H2,10,11);1-2H3. The molecule has 1 aromatic heterocycles. The van der Waals surface area contributed by atoms with Crippen LogP contribution in [-0.2, 0) is 0 Å². The smallest absolute Gasteiger partial charge is 0.258 e. The van der Waals surface area contributed by atoms with Crippen LogP contribution in [-0.4, -0.2) is 30.7 Å². The lowest BCUT2D eigenvalue weighted by molar-refractivity contribution is 0.653. The third-order valence-corrected chi connectivity index (χ3v) is 2.10. The van der Waals surface area contributed by atoms with Crippen LogP contribution in [0.5, 0.6) is 0 Å². The van der Waals surface area contributed by atoms with E-state index in [0.29, 0.717) is 12.7 Å². The first-order valence-corrected chi connectivity index (χ1v) is 4.99. The van der Waals surface area contributed by atoms with E-state index in [1.807, 2.05) is 40.1 Å². The lowest BCUT2D eigenvalue weighted by atomic mass is 9.57. The Hall–Kier alpha value is -1.03. The molecular weight excluding hydrogens is 173 g/mol. The first kappa shape index (κ1) is 13.0. The quantitative estimate of drug-likeness (QED) is 0.714. The van der Waals surface area contributed by atoms with E-state index < -0.39 is 0 Å². The van der Waals surface area contributed by atoms with Gasteiger partial charge in [0.25, 0.3) is 6.85 Å². The van der Waals surface area contributed by atoms with Crippen molar-refractivity contribution in [3.8, 4) is 0 Å². The normalized spacial score (nSPS) is 9.29. The maximum atomic E-state index is 5.72. The summed E-state index contributed by atoms with van der Waals surface area (Å²) in [6.07, 6.45) is 1.71. The lowest BCUT2D eigenvalue weighted by Crippen LogP contribution is -2.42. The van der Waals surface area contributed by atoms with Gasteiger partial charge in [0.05, 0.1) is 0 Å². The number of hydrogen-bond acceptors (Lipinski definition) is 3. The van der Waals surface area contributed by atoms with Crippen molar-refractivity contribution in [1.29, 1.82) is 0 Å². The van der Waals surface area contributed by atoms with Gasteiger partial charge in [0.1, 0.15) is 5.82 Å². The van der Waals surface area contributed by atoms with Crippen molar-refractivity contribution in [1.82, 2.24) is 9.79 Å². The van der Waals surface area contributed by atoms with Crippen LogP contribution in [0.15, 0.2) is 18.3 Å². The number of rotatable bonds is 2. The van der Waals surface area contributed by atoms with E-state index in [4.69, 9.17) is 5.73 Å². The largest absolute Gasteiger partial charge is 0.384 e. The zero-order chi connectivity index (χ0) is 11.1. The molecule has 0 unspecified atom stereocenters. The molecule has 0 aliphatic carbocycles. The number of pyridine rings is 1. The Bertz CT molecular complexity index is 263. The average molecular weight is 193 g/mol. The minimum atomic E-state index is 0.318. The third kappa shape index (κ3) is 3.38. The molecule has 0 bridgehead atoms. The van der Waals surface area contributed by atoms with Crippen LogP contribution < -0.4 is 11.2 Å². The van der Waals surface area contributed by atoms with Crippen LogP contribution >= 0.6 is 0 Å². The van der Waals surface area contributed by atoms with Gasteiger partial charge in [-0.25, -0.2) is 4.98 Å². The van der Waals surface area contributed by atoms with Gasteiger partial charge >= 0.3 is 0 Å². The highest BCUT2D eigenvalue weighted by molar-refractivity contribution is 6.70. The summed E-state index contributed by atoms with van der Waals surface area (Å²) in [6.45, 7) is 6.42. The second-order valence-corrected chi connectivity index (χ2v) is 3.12. The molecule has 3 nitrogen and oxygen atoms in total. The van der Waals surface area contributed by atoms with E-state index in [2.05, 4.69) is 16.6 Å². The monoisotopic (exact) mass is 193 g/mol. The maximum absolute atomic E-state index is 5.72. The van der Waals surface area contributed by atoms with Gasteiger partial charge in [-0.3, -0.25) is 0 Å². The second-order valence-electron chi connectivity index (χ2n) is 3.12. The summed E-state index contributed by atoms with van der Waals surface area (Å²) in [7, 11) is 4.05. The molecule has 0 radical (unpaired) electrons. The molecule has 1 aromatic rings. The van der Waals surface area contributed by atoms with Crippen molar-refractivity contribution in [2.45, 2.75) is 20.7 Å². The highest BCUT2D eigenvalue weighted by atomic mass is 15.0. The van der Waals surface area contributed by atoms with Crippen molar-refractivity contribution in [2.24, 2.45) is 0 Å². The minimum absolute atomic E-state index is 0.318. The van der Waals surface area contributed by atoms with E-state index in [1.54, 1.807) is 6.20 Å². The van der Waals surface area contributed by atoms with Gasteiger partial charge in [0.15, 0.2) is 0 Å². The SMILES string of the molecule is CB(c1cccnc1N)N(C)C.CC. The van der Waals surface area contributed by atoms with Crippen molar-refractivity contribution in [2.75, 3.05) is 19.8 Å². The van der Waals surface area contributed by atoms with Gasteiger partial charge < -0.3 is 10.5 Å². The van der Waals surface area contributed by atoms with E-state index in [0.717, 1.165) is 5.46 Å². The summed E-state index contributed by atoms with van der Waals surface area (Å²) in [5.74, 6) is 0.624. The topological polar surface area (TPSA) is 42.1 Å². The fraction of sp³-hybridized carbons (Fsp3) is 0.500. The molecule has 4 heteroatoms. The summed E-state index contributed by atoms with van der Waals surface area (Å²) < 4.78 is 0. The summed E-state index contributed by atoms with van der Waals surface area (Å²) in [6, 6.07) is 3.92. The highest BCUT2D eigenvalue weighted by Gasteiger charge is 2.15. The number of hydrogen-bond donors (Lipinski definition) is 1. The first-order chi connectivity index (χ1) is 6.63. The minimum Gasteiger partial charge on any atom is -0.384 e. The summed E-state index contributed by atoms with van der Waals surface area (Å²) in [5.41, 5.74) is 6.81. The first-order valence-electron chi connectivity index (χ1n) is 4.99. The van der Waals surface area contributed by atoms with E-state index in [-0.39, 0.29) is 0 Å². The van der Waals surface area contributed by atoms with Crippen LogP contribution in [0.25, 0.3) is 0 Å². The van der Waals surface area contributed by atoms with Gasteiger partial charge in [-0.2, -0.15) is 0 Å². The molecule has 0 aliphatic heterocycles. The molecule has 14 heavy (non-hydrogen) atoms. The molecule has 78 valence electrons. The summed E-state index contributed by atoms with van der Waals surface area (Å²) >= 11 is 0. The highest BCUT2D eigenvalue weighted by Crippen LogP contribution is 1.96. The molecule has 0 aliphatic rings. The Labute approximate surface area is 87.4 Å². The molecule has 0 fully saturated rings. The molecule has 0 saturated carbocycles. The predicted octanol–water partition coefficient (Wildman–Crippen LogP) is 1.08. The third-order valence-electron chi connectivity index (χ3n) is 2.10. The van der Waals surface area contributed by atoms with Crippen LogP contribution in [0.1, 0.15) is 13.8 Å². The van der Waals surface area contributed by atoms with Gasteiger partial charge in [-0.05, 0) is 25.6 Å². The van der Waals surface area contributed by atoms with Gasteiger partial charge in [0.2, 0.25) is 0 Å². The molecular formula is C10H20BN3. The van der Waals surface area contributed by atoms with Gasteiger partial charge in [0, 0.05) is 6.20 Å².